The lowest BCUT2D eigenvalue weighted by Crippen LogP contribution is -2.33. The van der Waals surface area contributed by atoms with Crippen molar-refractivity contribution in [2.45, 2.75) is 13.0 Å². The van der Waals surface area contributed by atoms with Crippen molar-refractivity contribution in [3.63, 3.8) is 0 Å². The molecule has 0 N–H and O–H groups in total. The van der Waals surface area contributed by atoms with Crippen molar-refractivity contribution in [3.8, 4) is 0 Å². The minimum Gasteiger partial charge on any atom is -0.348 e. The third kappa shape index (κ3) is 1.00. The Labute approximate surface area is 92.9 Å². The van der Waals surface area contributed by atoms with E-state index in [1.165, 1.54) is 0 Å². The van der Waals surface area contributed by atoms with E-state index in [4.69, 9.17) is 0 Å². The molecule has 3 rings (SSSR count). The summed E-state index contributed by atoms with van der Waals surface area (Å²) in [7, 11) is 5.75. The summed E-state index contributed by atoms with van der Waals surface area (Å²) in [4.78, 5) is 18.5. The lowest BCUT2D eigenvalue weighted by atomic mass is 10.1. The Kier molecular flexibility index (Phi) is 1.70. The van der Waals surface area contributed by atoms with E-state index in [2.05, 4.69) is 4.98 Å². The maximum atomic E-state index is 12.1. The summed E-state index contributed by atoms with van der Waals surface area (Å²) in [6.07, 6.45) is 0.985. The number of hydrogen-bond donors (Lipinski definition) is 0. The molecule has 0 amide bonds. The van der Waals surface area contributed by atoms with Gasteiger partial charge in [0.2, 0.25) is 5.95 Å². The number of imidazole rings is 1. The van der Waals surface area contributed by atoms with Crippen LogP contribution in [0.1, 0.15) is 5.69 Å². The van der Waals surface area contributed by atoms with Gasteiger partial charge < -0.3 is 14.0 Å². The van der Waals surface area contributed by atoms with Gasteiger partial charge in [-0.1, -0.05) is 0 Å². The Morgan fingerprint density at radius 3 is 2.75 bits per heavy atom. The maximum Gasteiger partial charge on any atom is 0.276 e. The van der Waals surface area contributed by atoms with Crippen molar-refractivity contribution >= 4 is 17.0 Å². The Balaban J connectivity index is 2.43. The molecular weight excluding hydrogens is 204 g/mol. The fourth-order valence-electron chi connectivity index (χ4n) is 2.28. The summed E-state index contributed by atoms with van der Waals surface area (Å²) in [5.74, 6) is 0.817. The number of fused-ring (bicyclic) bond motifs is 2. The number of hydrogen-bond acceptors (Lipinski definition) is 3. The van der Waals surface area contributed by atoms with Gasteiger partial charge in [0, 0.05) is 39.8 Å². The van der Waals surface area contributed by atoms with Crippen LogP contribution in [-0.4, -0.2) is 28.2 Å². The lowest BCUT2D eigenvalue weighted by molar-refractivity contribution is 0.530. The largest absolute Gasteiger partial charge is 0.348 e. The molecule has 16 heavy (non-hydrogen) atoms. The van der Waals surface area contributed by atoms with E-state index >= 15 is 0 Å². The van der Waals surface area contributed by atoms with Gasteiger partial charge in [0.15, 0.2) is 0 Å². The van der Waals surface area contributed by atoms with E-state index in [-0.39, 0.29) is 5.56 Å². The van der Waals surface area contributed by atoms with Gasteiger partial charge in [-0.25, -0.2) is 4.98 Å². The van der Waals surface area contributed by atoms with Crippen LogP contribution in [0.3, 0.4) is 0 Å². The van der Waals surface area contributed by atoms with Crippen LogP contribution in [0, 0.1) is 0 Å². The second kappa shape index (κ2) is 2.87. The average Bonchev–Trinajstić information content (AvgIpc) is 2.49. The molecule has 5 heteroatoms. The zero-order chi connectivity index (χ0) is 11.4. The molecule has 0 unspecified atom stereocenters. The fourth-order valence-corrected chi connectivity index (χ4v) is 2.28. The SMILES string of the molecule is CN(C)c1nc2cc3n(c(=O)c2n1C)CC3. The van der Waals surface area contributed by atoms with E-state index in [1.54, 1.807) is 0 Å². The molecule has 2 aromatic rings. The smallest absolute Gasteiger partial charge is 0.276 e. The summed E-state index contributed by atoms with van der Waals surface area (Å²) in [5, 5.41) is 0. The molecule has 0 aromatic carbocycles. The molecule has 5 nitrogen and oxygen atoms in total. The predicted molar refractivity (Wildman–Crippen MR) is 63.0 cm³/mol. The number of aromatic nitrogens is 3. The number of aryl methyl sites for hydroxylation is 2. The second-order valence-corrected chi connectivity index (χ2v) is 4.44. The fraction of sp³-hybridized carbons (Fsp3) is 0.455. The molecule has 0 atom stereocenters. The van der Waals surface area contributed by atoms with Gasteiger partial charge in [-0.3, -0.25) is 4.79 Å². The van der Waals surface area contributed by atoms with Gasteiger partial charge in [-0.2, -0.15) is 0 Å². The van der Waals surface area contributed by atoms with E-state index in [9.17, 15) is 4.79 Å². The monoisotopic (exact) mass is 218 g/mol. The summed E-state index contributed by atoms with van der Waals surface area (Å²) >= 11 is 0. The standard InChI is InChI=1S/C11H14N4O/c1-13(2)11-12-8-6-7-4-5-15(7)10(16)9(8)14(11)3/h6H,4-5H2,1-3H3. The first-order valence-electron chi connectivity index (χ1n) is 5.36. The summed E-state index contributed by atoms with van der Waals surface area (Å²) < 4.78 is 3.69. The van der Waals surface area contributed by atoms with Crippen LogP contribution in [0.5, 0.6) is 0 Å². The van der Waals surface area contributed by atoms with E-state index in [0.717, 1.165) is 30.1 Å². The molecule has 0 radical (unpaired) electrons. The minimum absolute atomic E-state index is 0.0850. The van der Waals surface area contributed by atoms with Gasteiger partial charge in [0.1, 0.15) is 5.52 Å². The first-order valence-corrected chi connectivity index (χ1v) is 5.36. The summed E-state index contributed by atoms with van der Waals surface area (Å²) in [6.45, 7) is 0.840. The van der Waals surface area contributed by atoms with Crippen LogP contribution in [0.15, 0.2) is 10.9 Å². The highest BCUT2D eigenvalue weighted by atomic mass is 16.1. The molecule has 1 aliphatic rings. The molecule has 2 aromatic heterocycles. The molecule has 84 valence electrons. The van der Waals surface area contributed by atoms with E-state index in [0.29, 0.717) is 5.52 Å². The second-order valence-electron chi connectivity index (χ2n) is 4.44. The highest BCUT2D eigenvalue weighted by Crippen LogP contribution is 2.21. The molecule has 0 bridgehead atoms. The first kappa shape index (κ1) is 9.45. The van der Waals surface area contributed by atoms with Gasteiger partial charge in [-0.15, -0.1) is 0 Å². The van der Waals surface area contributed by atoms with Gasteiger partial charge in [0.05, 0.1) is 5.52 Å². The van der Waals surface area contributed by atoms with Gasteiger partial charge in [0.25, 0.3) is 5.56 Å². The average molecular weight is 218 g/mol. The number of pyridine rings is 1. The van der Waals surface area contributed by atoms with E-state index < -0.39 is 0 Å². The zero-order valence-corrected chi connectivity index (χ0v) is 9.69. The molecule has 0 saturated carbocycles. The normalized spacial score (nSPS) is 13.7. The van der Waals surface area contributed by atoms with Crippen molar-refractivity contribution in [1.29, 1.82) is 0 Å². The molecule has 0 spiro atoms. The number of nitrogens with zero attached hydrogens (tertiary/aromatic N) is 4. The molecular formula is C11H14N4O. The van der Waals surface area contributed by atoms with Gasteiger partial charge >= 0.3 is 0 Å². The third-order valence-electron chi connectivity index (χ3n) is 3.19. The Bertz CT molecular complexity index is 635. The first-order chi connectivity index (χ1) is 7.59. The van der Waals surface area contributed by atoms with Crippen LogP contribution >= 0.6 is 0 Å². The van der Waals surface area contributed by atoms with Crippen molar-refractivity contribution in [1.82, 2.24) is 14.1 Å². The molecule has 1 aliphatic heterocycles. The zero-order valence-electron chi connectivity index (χ0n) is 9.69. The Morgan fingerprint density at radius 1 is 1.44 bits per heavy atom. The van der Waals surface area contributed by atoms with Crippen LogP contribution in [-0.2, 0) is 20.0 Å². The number of anilines is 1. The summed E-state index contributed by atoms with van der Waals surface area (Å²) in [6, 6.07) is 2.02. The topological polar surface area (TPSA) is 43.1 Å². The molecule has 3 heterocycles. The van der Waals surface area contributed by atoms with Gasteiger partial charge in [-0.05, 0) is 6.07 Å². The number of rotatable bonds is 1. The maximum absolute atomic E-state index is 12.1. The lowest BCUT2D eigenvalue weighted by Gasteiger charge is -2.20. The Hall–Kier alpha value is -1.78. The van der Waals surface area contributed by atoms with Crippen molar-refractivity contribution in [2.24, 2.45) is 7.05 Å². The highest BCUT2D eigenvalue weighted by Gasteiger charge is 2.20. The van der Waals surface area contributed by atoms with Crippen molar-refractivity contribution < 1.29 is 0 Å². The quantitative estimate of drug-likeness (QED) is 0.694. The Morgan fingerprint density at radius 2 is 2.19 bits per heavy atom. The minimum atomic E-state index is 0.0850. The van der Waals surface area contributed by atoms with E-state index in [1.807, 2.05) is 41.2 Å². The van der Waals surface area contributed by atoms with Crippen LogP contribution < -0.4 is 10.5 Å². The van der Waals surface area contributed by atoms with Crippen molar-refractivity contribution in [2.75, 3.05) is 19.0 Å². The van der Waals surface area contributed by atoms with Crippen LogP contribution in [0.25, 0.3) is 11.0 Å². The van der Waals surface area contributed by atoms with Crippen molar-refractivity contribution in [3.05, 3.63) is 22.1 Å². The third-order valence-corrected chi connectivity index (χ3v) is 3.19. The molecule has 0 aliphatic carbocycles. The molecule has 0 fully saturated rings. The van der Waals surface area contributed by atoms with Crippen LogP contribution in [0.4, 0.5) is 5.95 Å². The predicted octanol–water partition coefficient (Wildman–Crippen LogP) is 0.357. The molecule has 0 saturated heterocycles. The highest BCUT2D eigenvalue weighted by molar-refractivity contribution is 5.78. The summed E-state index contributed by atoms with van der Waals surface area (Å²) in [5.41, 5.74) is 2.69. The van der Waals surface area contributed by atoms with Crippen LogP contribution in [0.2, 0.25) is 0 Å².